The van der Waals surface area contributed by atoms with Gasteiger partial charge in [-0.15, -0.1) is 0 Å². The SMILES string of the molecule is Cc1cc(C)c(NC(=O)COc2cc(C)nc(-c3ccc(C(F)(F)F)cc3)n2)c(C)c1. The molecule has 31 heavy (non-hydrogen) atoms. The fraction of sp³-hybridized carbons (Fsp3) is 0.261. The zero-order valence-electron chi connectivity index (χ0n) is 17.6. The number of nitrogens with zero attached hydrogens (tertiary/aromatic N) is 2. The van der Waals surface area contributed by atoms with E-state index in [0.29, 0.717) is 11.3 Å². The molecular weight excluding hydrogens is 407 g/mol. The van der Waals surface area contributed by atoms with Crippen LogP contribution in [0.15, 0.2) is 42.5 Å². The van der Waals surface area contributed by atoms with E-state index >= 15 is 0 Å². The molecule has 0 atom stereocenters. The standard InChI is InChI=1S/C23H22F3N3O2/c1-13-9-14(2)21(15(3)10-13)28-19(30)12-31-20-11-16(4)27-22(29-20)17-5-7-18(8-6-17)23(24,25)26/h5-11H,12H2,1-4H3,(H,28,30). The Morgan fingerprint density at radius 2 is 1.58 bits per heavy atom. The van der Waals surface area contributed by atoms with Gasteiger partial charge in [-0.25, -0.2) is 4.98 Å². The van der Waals surface area contributed by atoms with Crippen LogP contribution in [0.1, 0.15) is 27.9 Å². The number of anilines is 1. The number of benzene rings is 2. The Balaban J connectivity index is 1.72. The molecule has 0 saturated carbocycles. The number of aryl methyl sites for hydroxylation is 4. The smallest absolute Gasteiger partial charge is 0.416 e. The molecule has 1 amide bonds. The minimum atomic E-state index is -4.41. The Labute approximate surface area is 178 Å². The summed E-state index contributed by atoms with van der Waals surface area (Å²) in [6.07, 6.45) is -4.41. The average Bonchev–Trinajstić information content (AvgIpc) is 2.68. The van der Waals surface area contributed by atoms with Crippen LogP contribution in [-0.4, -0.2) is 22.5 Å². The largest absolute Gasteiger partial charge is 0.467 e. The molecule has 0 fully saturated rings. The monoisotopic (exact) mass is 429 g/mol. The Hall–Kier alpha value is -3.42. The van der Waals surface area contributed by atoms with Gasteiger partial charge < -0.3 is 10.1 Å². The van der Waals surface area contributed by atoms with Crippen molar-refractivity contribution in [3.63, 3.8) is 0 Å². The third kappa shape index (κ3) is 5.59. The maximum absolute atomic E-state index is 12.8. The van der Waals surface area contributed by atoms with Crippen LogP contribution < -0.4 is 10.1 Å². The molecule has 0 radical (unpaired) electrons. The first kappa shape index (κ1) is 22.3. The first-order chi connectivity index (χ1) is 14.5. The molecule has 0 unspecified atom stereocenters. The third-order valence-corrected chi connectivity index (χ3v) is 4.59. The normalized spacial score (nSPS) is 11.3. The quantitative estimate of drug-likeness (QED) is 0.589. The molecule has 1 N–H and O–H groups in total. The van der Waals surface area contributed by atoms with Gasteiger partial charge in [0.05, 0.1) is 5.56 Å². The van der Waals surface area contributed by atoms with Crippen molar-refractivity contribution in [3.05, 3.63) is 70.4 Å². The Morgan fingerprint density at radius 3 is 2.16 bits per heavy atom. The van der Waals surface area contributed by atoms with Crippen molar-refractivity contribution in [2.24, 2.45) is 0 Å². The maximum Gasteiger partial charge on any atom is 0.416 e. The van der Waals surface area contributed by atoms with Gasteiger partial charge in [0.2, 0.25) is 5.88 Å². The van der Waals surface area contributed by atoms with Crippen LogP contribution in [0.5, 0.6) is 5.88 Å². The number of aromatic nitrogens is 2. The fourth-order valence-electron chi connectivity index (χ4n) is 3.24. The highest BCUT2D eigenvalue weighted by molar-refractivity contribution is 5.93. The first-order valence-corrected chi connectivity index (χ1v) is 9.57. The summed E-state index contributed by atoms with van der Waals surface area (Å²) in [5.74, 6) is 0.0339. The van der Waals surface area contributed by atoms with Gasteiger partial charge in [0.1, 0.15) is 0 Å². The zero-order chi connectivity index (χ0) is 22.8. The van der Waals surface area contributed by atoms with E-state index in [1.165, 1.54) is 12.1 Å². The van der Waals surface area contributed by atoms with E-state index < -0.39 is 11.7 Å². The number of amides is 1. The van der Waals surface area contributed by atoms with Gasteiger partial charge in [0.15, 0.2) is 12.4 Å². The van der Waals surface area contributed by atoms with Crippen molar-refractivity contribution >= 4 is 11.6 Å². The molecule has 3 aromatic rings. The summed E-state index contributed by atoms with van der Waals surface area (Å²) in [5, 5.41) is 2.84. The van der Waals surface area contributed by atoms with Gasteiger partial charge in [-0.1, -0.05) is 29.8 Å². The van der Waals surface area contributed by atoms with Crippen LogP contribution in [0.3, 0.4) is 0 Å². The number of hydrogen-bond acceptors (Lipinski definition) is 4. The van der Waals surface area contributed by atoms with Gasteiger partial charge in [-0.3, -0.25) is 4.79 Å². The second-order valence-electron chi connectivity index (χ2n) is 7.36. The molecule has 0 aliphatic carbocycles. The molecule has 162 valence electrons. The van der Waals surface area contributed by atoms with E-state index in [9.17, 15) is 18.0 Å². The second-order valence-corrected chi connectivity index (χ2v) is 7.36. The number of nitrogens with one attached hydrogen (secondary N) is 1. The lowest BCUT2D eigenvalue weighted by molar-refractivity contribution is -0.137. The highest BCUT2D eigenvalue weighted by Gasteiger charge is 2.30. The van der Waals surface area contributed by atoms with E-state index in [2.05, 4.69) is 15.3 Å². The van der Waals surface area contributed by atoms with Crippen LogP contribution in [0, 0.1) is 27.7 Å². The van der Waals surface area contributed by atoms with Crippen molar-refractivity contribution in [3.8, 4) is 17.3 Å². The van der Waals surface area contributed by atoms with E-state index in [4.69, 9.17) is 4.74 Å². The summed E-state index contributed by atoms with van der Waals surface area (Å²) in [6.45, 7) is 7.26. The fourth-order valence-corrected chi connectivity index (χ4v) is 3.24. The lowest BCUT2D eigenvalue weighted by Gasteiger charge is -2.13. The van der Waals surface area contributed by atoms with Crippen molar-refractivity contribution in [2.45, 2.75) is 33.9 Å². The topological polar surface area (TPSA) is 64.1 Å². The number of ether oxygens (including phenoxy) is 1. The number of carbonyl (C=O) groups is 1. The Bertz CT molecular complexity index is 1090. The predicted molar refractivity (Wildman–Crippen MR) is 112 cm³/mol. The minimum Gasteiger partial charge on any atom is -0.467 e. The second kappa shape index (κ2) is 8.75. The number of alkyl halides is 3. The zero-order valence-corrected chi connectivity index (χ0v) is 17.6. The molecule has 2 aromatic carbocycles. The Kier molecular flexibility index (Phi) is 6.29. The summed E-state index contributed by atoms with van der Waals surface area (Å²) in [7, 11) is 0. The van der Waals surface area contributed by atoms with E-state index in [1.807, 2.05) is 32.9 Å². The lowest BCUT2D eigenvalue weighted by Crippen LogP contribution is -2.21. The van der Waals surface area contributed by atoms with E-state index in [0.717, 1.165) is 34.5 Å². The van der Waals surface area contributed by atoms with Gasteiger partial charge >= 0.3 is 6.18 Å². The van der Waals surface area contributed by atoms with Crippen LogP contribution >= 0.6 is 0 Å². The van der Waals surface area contributed by atoms with Crippen molar-refractivity contribution in [1.29, 1.82) is 0 Å². The van der Waals surface area contributed by atoms with Crippen molar-refractivity contribution in [1.82, 2.24) is 9.97 Å². The molecule has 0 spiro atoms. The summed E-state index contributed by atoms with van der Waals surface area (Å²) in [5.41, 5.74) is 3.97. The van der Waals surface area contributed by atoms with Gasteiger partial charge in [0.25, 0.3) is 5.91 Å². The van der Waals surface area contributed by atoms with Gasteiger partial charge in [-0.05, 0) is 51.0 Å². The number of rotatable bonds is 5. The molecule has 0 saturated heterocycles. The number of hydrogen-bond donors (Lipinski definition) is 1. The first-order valence-electron chi connectivity index (χ1n) is 9.57. The Morgan fingerprint density at radius 1 is 0.968 bits per heavy atom. The number of carbonyl (C=O) groups excluding carboxylic acids is 1. The van der Waals surface area contributed by atoms with Crippen LogP contribution in [0.25, 0.3) is 11.4 Å². The minimum absolute atomic E-state index is 0.162. The lowest BCUT2D eigenvalue weighted by atomic mass is 10.1. The maximum atomic E-state index is 12.8. The molecule has 8 heteroatoms. The van der Waals surface area contributed by atoms with Crippen LogP contribution in [0.2, 0.25) is 0 Å². The molecule has 0 aliphatic heterocycles. The highest BCUT2D eigenvalue weighted by Crippen LogP contribution is 2.30. The molecular formula is C23H22F3N3O2. The predicted octanol–water partition coefficient (Wildman–Crippen LogP) is 5.41. The van der Waals surface area contributed by atoms with E-state index in [1.54, 1.807) is 13.0 Å². The van der Waals surface area contributed by atoms with Crippen LogP contribution in [-0.2, 0) is 11.0 Å². The average molecular weight is 429 g/mol. The molecule has 1 heterocycles. The van der Waals surface area contributed by atoms with E-state index in [-0.39, 0.29) is 24.2 Å². The van der Waals surface area contributed by atoms with Crippen LogP contribution in [0.4, 0.5) is 18.9 Å². The number of halogens is 3. The molecule has 5 nitrogen and oxygen atoms in total. The summed E-state index contributed by atoms with van der Waals surface area (Å²) < 4.78 is 43.8. The molecule has 1 aromatic heterocycles. The van der Waals surface area contributed by atoms with Gasteiger partial charge in [-0.2, -0.15) is 18.2 Å². The summed E-state index contributed by atoms with van der Waals surface area (Å²) >= 11 is 0. The van der Waals surface area contributed by atoms with Crippen molar-refractivity contribution < 1.29 is 22.7 Å². The summed E-state index contributed by atoms with van der Waals surface area (Å²) in [6, 6.07) is 10.1. The third-order valence-electron chi connectivity index (χ3n) is 4.59. The summed E-state index contributed by atoms with van der Waals surface area (Å²) in [4.78, 5) is 20.8. The van der Waals surface area contributed by atoms with Crippen molar-refractivity contribution in [2.75, 3.05) is 11.9 Å². The molecule has 0 aliphatic rings. The highest BCUT2D eigenvalue weighted by atomic mass is 19.4. The molecule has 3 rings (SSSR count). The molecule has 0 bridgehead atoms. The van der Waals surface area contributed by atoms with Gasteiger partial charge in [0, 0.05) is 23.0 Å².